The Hall–Kier alpha value is -1.14. The molecule has 0 bridgehead atoms. The van der Waals surface area contributed by atoms with Crippen LogP contribution in [0.3, 0.4) is 0 Å². The first kappa shape index (κ1) is 12.3. The molecule has 0 amide bonds. The third-order valence-corrected chi connectivity index (χ3v) is 4.81. The lowest BCUT2D eigenvalue weighted by atomic mass is 10.2. The summed E-state index contributed by atoms with van der Waals surface area (Å²) in [6, 6.07) is 7.53. The van der Waals surface area contributed by atoms with Gasteiger partial charge in [0.15, 0.2) is 0 Å². The standard InChI is InChI=1S/C11H10BrNO3S/c1-8-3-2-4-10(5-8)16-6-9-7-17(14,15)11(12)13-9/h2-5,7H,6H2,1H3. The van der Waals surface area contributed by atoms with E-state index >= 15 is 0 Å². The molecule has 1 aliphatic rings. The van der Waals surface area contributed by atoms with Crippen LogP contribution in [0, 0.1) is 6.92 Å². The van der Waals surface area contributed by atoms with Gasteiger partial charge in [0.05, 0.1) is 11.1 Å². The van der Waals surface area contributed by atoms with E-state index in [4.69, 9.17) is 4.74 Å². The average molecular weight is 316 g/mol. The number of nitrogens with zero attached hydrogens (tertiary/aromatic N) is 1. The monoisotopic (exact) mass is 315 g/mol. The summed E-state index contributed by atoms with van der Waals surface area (Å²) in [5.41, 5.74) is 1.47. The smallest absolute Gasteiger partial charge is 0.225 e. The van der Waals surface area contributed by atoms with Gasteiger partial charge in [-0.15, -0.1) is 0 Å². The first-order chi connectivity index (χ1) is 7.97. The predicted molar refractivity (Wildman–Crippen MR) is 70.0 cm³/mol. The molecule has 1 aromatic rings. The summed E-state index contributed by atoms with van der Waals surface area (Å²) in [7, 11) is -3.36. The zero-order valence-electron chi connectivity index (χ0n) is 9.05. The summed E-state index contributed by atoms with van der Waals surface area (Å²) in [5.74, 6) is 0.696. The lowest BCUT2D eigenvalue weighted by Crippen LogP contribution is -1.99. The number of hydrogen-bond donors (Lipinski definition) is 0. The number of aliphatic imine (C=N–C) groups is 1. The molecule has 1 aliphatic heterocycles. The molecule has 0 saturated heterocycles. The maximum atomic E-state index is 11.3. The van der Waals surface area contributed by atoms with Crippen LogP contribution in [0.15, 0.2) is 40.4 Å². The van der Waals surface area contributed by atoms with Crippen molar-refractivity contribution in [2.24, 2.45) is 4.99 Å². The zero-order valence-corrected chi connectivity index (χ0v) is 11.5. The molecule has 0 radical (unpaired) electrons. The number of sulfone groups is 1. The predicted octanol–water partition coefficient (Wildman–Crippen LogP) is 2.39. The molecule has 0 fully saturated rings. The van der Waals surface area contributed by atoms with E-state index in [1.807, 2.05) is 31.2 Å². The molecule has 0 N–H and O–H groups in total. The van der Waals surface area contributed by atoms with Crippen LogP contribution in [0.4, 0.5) is 0 Å². The van der Waals surface area contributed by atoms with Crippen LogP contribution in [0.1, 0.15) is 5.56 Å². The Kier molecular flexibility index (Phi) is 3.35. The number of benzene rings is 1. The van der Waals surface area contributed by atoms with Gasteiger partial charge in [-0.25, -0.2) is 13.4 Å². The van der Waals surface area contributed by atoms with Crippen LogP contribution in [-0.4, -0.2) is 19.0 Å². The van der Waals surface area contributed by atoms with Gasteiger partial charge in [0.2, 0.25) is 13.8 Å². The van der Waals surface area contributed by atoms with E-state index in [1.165, 1.54) is 0 Å². The largest absolute Gasteiger partial charge is 0.487 e. The van der Waals surface area contributed by atoms with Gasteiger partial charge < -0.3 is 4.74 Å². The van der Waals surface area contributed by atoms with Gasteiger partial charge in [0, 0.05) is 0 Å². The minimum Gasteiger partial charge on any atom is -0.487 e. The highest BCUT2D eigenvalue weighted by molar-refractivity contribution is 9.21. The first-order valence-electron chi connectivity index (χ1n) is 4.87. The van der Waals surface area contributed by atoms with Crippen molar-refractivity contribution in [2.45, 2.75) is 6.92 Å². The average Bonchev–Trinajstić information content (AvgIpc) is 2.50. The van der Waals surface area contributed by atoms with Gasteiger partial charge in [-0.1, -0.05) is 12.1 Å². The van der Waals surface area contributed by atoms with E-state index in [0.717, 1.165) is 11.0 Å². The van der Waals surface area contributed by atoms with Crippen molar-refractivity contribution in [1.82, 2.24) is 0 Å². The Morgan fingerprint density at radius 3 is 2.76 bits per heavy atom. The van der Waals surface area contributed by atoms with Gasteiger partial charge in [-0.05, 0) is 40.5 Å². The van der Waals surface area contributed by atoms with E-state index in [0.29, 0.717) is 11.4 Å². The van der Waals surface area contributed by atoms with Gasteiger partial charge in [0.1, 0.15) is 12.4 Å². The number of halogens is 1. The minimum absolute atomic E-state index is 0.0622. The molecule has 0 aromatic heterocycles. The Morgan fingerprint density at radius 2 is 2.18 bits per heavy atom. The summed E-state index contributed by atoms with van der Waals surface area (Å²) >= 11 is 2.89. The van der Waals surface area contributed by atoms with Crippen molar-refractivity contribution >= 4 is 29.7 Å². The third kappa shape index (κ3) is 2.95. The van der Waals surface area contributed by atoms with Crippen molar-refractivity contribution < 1.29 is 13.2 Å². The SMILES string of the molecule is Cc1cccc(OCC2=CS(=O)(=O)C(Br)=N2)c1. The summed E-state index contributed by atoms with van der Waals surface area (Å²) in [6.07, 6.45) is 0. The van der Waals surface area contributed by atoms with E-state index in [9.17, 15) is 8.42 Å². The van der Waals surface area contributed by atoms with Crippen LogP contribution in [0.5, 0.6) is 5.75 Å². The van der Waals surface area contributed by atoms with Crippen LogP contribution in [-0.2, 0) is 9.84 Å². The van der Waals surface area contributed by atoms with Crippen molar-refractivity contribution in [1.29, 1.82) is 0 Å². The second-order valence-corrected chi connectivity index (χ2v) is 6.61. The molecule has 0 spiro atoms. The second-order valence-electron chi connectivity index (χ2n) is 3.62. The maximum Gasteiger partial charge on any atom is 0.225 e. The van der Waals surface area contributed by atoms with E-state index in [1.54, 1.807) is 0 Å². The van der Waals surface area contributed by atoms with Gasteiger partial charge in [0.25, 0.3) is 0 Å². The fraction of sp³-hybridized carbons (Fsp3) is 0.182. The second kappa shape index (κ2) is 4.62. The fourth-order valence-electron chi connectivity index (χ4n) is 1.36. The van der Waals surface area contributed by atoms with E-state index in [-0.39, 0.29) is 10.6 Å². The summed E-state index contributed by atoms with van der Waals surface area (Å²) in [4.78, 5) is 3.86. The number of ether oxygens (including phenoxy) is 1. The zero-order chi connectivity index (χ0) is 12.5. The quantitative estimate of drug-likeness (QED) is 0.860. The molecular weight excluding hydrogens is 306 g/mol. The van der Waals surface area contributed by atoms with Crippen LogP contribution < -0.4 is 4.74 Å². The van der Waals surface area contributed by atoms with E-state index < -0.39 is 9.84 Å². The molecular formula is C11H10BrNO3S. The van der Waals surface area contributed by atoms with Gasteiger partial charge >= 0.3 is 0 Å². The maximum absolute atomic E-state index is 11.3. The summed E-state index contributed by atoms with van der Waals surface area (Å²) in [6.45, 7) is 2.10. The third-order valence-electron chi connectivity index (χ3n) is 2.13. The van der Waals surface area contributed by atoms with Crippen molar-refractivity contribution in [3.05, 3.63) is 40.9 Å². The van der Waals surface area contributed by atoms with Crippen LogP contribution >= 0.6 is 15.9 Å². The number of hydrogen-bond acceptors (Lipinski definition) is 4. The highest BCUT2D eigenvalue weighted by Crippen LogP contribution is 2.20. The summed E-state index contributed by atoms with van der Waals surface area (Å²) < 4.78 is 28.0. The lowest BCUT2D eigenvalue weighted by Gasteiger charge is -2.05. The Morgan fingerprint density at radius 1 is 1.41 bits per heavy atom. The minimum atomic E-state index is -3.36. The molecule has 1 aromatic carbocycles. The van der Waals surface area contributed by atoms with Gasteiger partial charge in [-0.3, -0.25) is 0 Å². The molecule has 0 saturated carbocycles. The number of rotatable bonds is 3. The normalized spacial score (nSPS) is 17.5. The van der Waals surface area contributed by atoms with Gasteiger partial charge in [-0.2, -0.15) is 0 Å². The molecule has 90 valence electrons. The van der Waals surface area contributed by atoms with E-state index in [2.05, 4.69) is 20.9 Å². The molecule has 4 nitrogen and oxygen atoms in total. The van der Waals surface area contributed by atoms with Crippen LogP contribution in [0.25, 0.3) is 0 Å². The topological polar surface area (TPSA) is 55.7 Å². The molecule has 0 aliphatic carbocycles. The highest BCUT2D eigenvalue weighted by Gasteiger charge is 2.22. The molecule has 0 unspecified atom stereocenters. The molecule has 1 heterocycles. The van der Waals surface area contributed by atoms with Crippen molar-refractivity contribution in [3.63, 3.8) is 0 Å². The molecule has 6 heteroatoms. The lowest BCUT2D eigenvalue weighted by molar-refractivity contribution is 0.351. The Labute approximate surface area is 108 Å². The molecule has 2 rings (SSSR count). The Balaban J connectivity index is 2.06. The van der Waals surface area contributed by atoms with Crippen molar-refractivity contribution in [2.75, 3.05) is 6.61 Å². The summed E-state index contributed by atoms with van der Waals surface area (Å²) in [5, 5.41) is 1.10. The highest BCUT2D eigenvalue weighted by atomic mass is 79.9. The Bertz CT molecular complexity index is 605. The molecule has 0 atom stereocenters. The first-order valence-corrected chi connectivity index (χ1v) is 7.21. The number of aryl methyl sites for hydroxylation is 1. The van der Waals surface area contributed by atoms with Crippen LogP contribution in [0.2, 0.25) is 0 Å². The fourth-order valence-corrected chi connectivity index (χ4v) is 2.69. The van der Waals surface area contributed by atoms with Crippen molar-refractivity contribution in [3.8, 4) is 5.75 Å². The molecule has 17 heavy (non-hydrogen) atoms.